The number of aliphatic hydroxyl groups is 2. The highest BCUT2D eigenvalue weighted by atomic mass is 16.5. The minimum absolute atomic E-state index is 0.0895. The maximum absolute atomic E-state index is 9.38. The van der Waals surface area contributed by atoms with Crippen LogP contribution in [0.4, 0.5) is 0 Å². The van der Waals surface area contributed by atoms with Crippen molar-refractivity contribution in [3.8, 4) is 0 Å². The van der Waals surface area contributed by atoms with Gasteiger partial charge in [0.15, 0.2) is 0 Å². The maximum atomic E-state index is 9.38. The molecule has 0 aromatic carbocycles. The Morgan fingerprint density at radius 2 is 2.12 bits per heavy atom. The summed E-state index contributed by atoms with van der Waals surface area (Å²) < 4.78 is 5.95. The summed E-state index contributed by atoms with van der Waals surface area (Å²) >= 11 is 0. The molecule has 3 heteroatoms. The van der Waals surface area contributed by atoms with E-state index >= 15 is 0 Å². The second-order valence-electron chi connectivity index (χ2n) is 5.57. The van der Waals surface area contributed by atoms with Crippen LogP contribution in [0.3, 0.4) is 0 Å². The van der Waals surface area contributed by atoms with Gasteiger partial charge >= 0.3 is 0 Å². The van der Waals surface area contributed by atoms with Gasteiger partial charge in [-0.05, 0) is 24.7 Å². The van der Waals surface area contributed by atoms with Gasteiger partial charge in [-0.3, -0.25) is 0 Å². The summed E-state index contributed by atoms with van der Waals surface area (Å²) in [6.07, 6.45) is 3.89. The number of aliphatic hydroxyl groups excluding tert-OH is 2. The molecule has 1 fully saturated rings. The van der Waals surface area contributed by atoms with Gasteiger partial charge in [-0.15, -0.1) is 0 Å². The van der Waals surface area contributed by atoms with Crippen molar-refractivity contribution in [3.63, 3.8) is 0 Å². The molecular formula is C13H26O3. The van der Waals surface area contributed by atoms with Crippen LogP contribution in [0.15, 0.2) is 0 Å². The highest BCUT2D eigenvalue weighted by Gasteiger charge is 2.38. The SMILES string of the molecule is CC1CCCC(OC[C@H](O)CO)(C(C)C)C1. The summed E-state index contributed by atoms with van der Waals surface area (Å²) in [5.74, 6) is 1.16. The highest BCUT2D eigenvalue weighted by Crippen LogP contribution is 2.40. The third-order valence-corrected chi connectivity index (χ3v) is 3.82. The molecule has 3 atom stereocenters. The molecule has 1 rings (SSSR count). The maximum Gasteiger partial charge on any atom is 0.100 e. The number of hydrogen-bond acceptors (Lipinski definition) is 3. The molecule has 2 N–H and O–H groups in total. The molecule has 0 aliphatic heterocycles. The highest BCUT2D eigenvalue weighted by molar-refractivity contribution is 4.90. The van der Waals surface area contributed by atoms with E-state index < -0.39 is 6.10 Å². The molecule has 0 aromatic rings. The lowest BCUT2D eigenvalue weighted by Gasteiger charge is -2.43. The largest absolute Gasteiger partial charge is 0.394 e. The van der Waals surface area contributed by atoms with E-state index in [4.69, 9.17) is 9.84 Å². The zero-order valence-electron chi connectivity index (χ0n) is 10.8. The summed E-state index contributed by atoms with van der Waals surface area (Å²) in [7, 11) is 0. The Bertz CT molecular complexity index is 205. The van der Waals surface area contributed by atoms with Crippen LogP contribution in [0.5, 0.6) is 0 Å². The van der Waals surface area contributed by atoms with Crippen molar-refractivity contribution in [3.05, 3.63) is 0 Å². The minimum atomic E-state index is -0.743. The van der Waals surface area contributed by atoms with Gasteiger partial charge in [0.1, 0.15) is 6.10 Å². The standard InChI is InChI=1S/C13H26O3/c1-10(2)13(16-9-12(15)8-14)6-4-5-11(3)7-13/h10-12,14-15H,4-9H2,1-3H3/t11?,12-,13?/m1/s1. The lowest BCUT2D eigenvalue weighted by molar-refractivity contribution is -0.137. The van der Waals surface area contributed by atoms with Gasteiger partial charge in [-0.2, -0.15) is 0 Å². The van der Waals surface area contributed by atoms with E-state index in [1.54, 1.807) is 0 Å². The molecule has 96 valence electrons. The minimum Gasteiger partial charge on any atom is -0.394 e. The molecule has 1 aliphatic carbocycles. The molecule has 0 spiro atoms. The Morgan fingerprint density at radius 1 is 1.44 bits per heavy atom. The van der Waals surface area contributed by atoms with Gasteiger partial charge in [-0.25, -0.2) is 0 Å². The van der Waals surface area contributed by atoms with Crippen molar-refractivity contribution in [1.29, 1.82) is 0 Å². The van der Waals surface area contributed by atoms with E-state index in [0.717, 1.165) is 12.8 Å². The topological polar surface area (TPSA) is 49.7 Å². The van der Waals surface area contributed by atoms with Crippen LogP contribution in [0.25, 0.3) is 0 Å². The monoisotopic (exact) mass is 230 g/mol. The molecular weight excluding hydrogens is 204 g/mol. The van der Waals surface area contributed by atoms with Gasteiger partial charge in [0.2, 0.25) is 0 Å². The summed E-state index contributed by atoms with van der Waals surface area (Å²) in [6, 6.07) is 0. The Labute approximate surface area is 98.8 Å². The Balaban J connectivity index is 2.58. The zero-order valence-corrected chi connectivity index (χ0v) is 10.8. The van der Waals surface area contributed by atoms with Gasteiger partial charge < -0.3 is 14.9 Å². The molecule has 1 saturated carbocycles. The fourth-order valence-corrected chi connectivity index (χ4v) is 2.68. The molecule has 2 unspecified atom stereocenters. The lowest BCUT2D eigenvalue weighted by Crippen LogP contribution is -2.44. The number of hydrogen-bond donors (Lipinski definition) is 2. The van der Waals surface area contributed by atoms with Crippen LogP contribution >= 0.6 is 0 Å². The van der Waals surface area contributed by atoms with Crippen molar-refractivity contribution in [2.75, 3.05) is 13.2 Å². The van der Waals surface area contributed by atoms with Gasteiger partial charge in [-0.1, -0.05) is 33.6 Å². The van der Waals surface area contributed by atoms with Crippen molar-refractivity contribution in [2.45, 2.75) is 58.2 Å². The van der Waals surface area contributed by atoms with E-state index in [9.17, 15) is 5.11 Å². The molecule has 16 heavy (non-hydrogen) atoms. The first-order valence-corrected chi connectivity index (χ1v) is 6.43. The van der Waals surface area contributed by atoms with Crippen molar-refractivity contribution in [1.82, 2.24) is 0 Å². The van der Waals surface area contributed by atoms with Crippen molar-refractivity contribution >= 4 is 0 Å². The predicted octanol–water partition coefficient (Wildman–Crippen LogP) is 1.96. The Kier molecular flexibility index (Phi) is 5.22. The smallest absolute Gasteiger partial charge is 0.100 e. The average molecular weight is 230 g/mol. The van der Waals surface area contributed by atoms with Crippen molar-refractivity contribution in [2.24, 2.45) is 11.8 Å². The molecule has 0 bridgehead atoms. The normalized spacial score (nSPS) is 33.0. The quantitative estimate of drug-likeness (QED) is 0.759. The van der Waals surface area contributed by atoms with Crippen LogP contribution < -0.4 is 0 Å². The van der Waals surface area contributed by atoms with Gasteiger partial charge in [0.05, 0.1) is 18.8 Å². The van der Waals surface area contributed by atoms with E-state index in [0.29, 0.717) is 11.8 Å². The van der Waals surface area contributed by atoms with Gasteiger partial charge in [0.25, 0.3) is 0 Å². The first-order valence-electron chi connectivity index (χ1n) is 6.43. The Hall–Kier alpha value is -0.120. The van der Waals surface area contributed by atoms with Gasteiger partial charge in [0, 0.05) is 0 Å². The zero-order chi connectivity index (χ0) is 12.2. The molecule has 0 heterocycles. The van der Waals surface area contributed by atoms with Crippen LogP contribution in [0, 0.1) is 11.8 Å². The summed E-state index contributed by atoms with van der Waals surface area (Å²) in [5, 5.41) is 18.2. The Morgan fingerprint density at radius 3 is 2.62 bits per heavy atom. The van der Waals surface area contributed by atoms with Crippen LogP contribution in [0.2, 0.25) is 0 Å². The number of rotatable bonds is 5. The molecule has 0 saturated heterocycles. The van der Waals surface area contributed by atoms with Crippen LogP contribution in [-0.4, -0.2) is 35.1 Å². The summed E-state index contributed by atoms with van der Waals surface area (Å²) in [6.45, 7) is 6.67. The first-order chi connectivity index (χ1) is 7.50. The molecule has 0 amide bonds. The molecule has 1 aliphatic rings. The van der Waals surface area contributed by atoms with Crippen molar-refractivity contribution < 1.29 is 14.9 Å². The van der Waals surface area contributed by atoms with E-state index in [1.165, 1.54) is 12.8 Å². The predicted molar refractivity (Wildman–Crippen MR) is 64.2 cm³/mol. The number of ether oxygens (including phenoxy) is 1. The van der Waals surface area contributed by atoms with E-state index in [1.807, 2.05) is 0 Å². The molecule has 3 nitrogen and oxygen atoms in total. The molecule has 0 aromatic heterocycles. The summed E-state index contributed by atoms with van der Waals surface area (Å²) in [4.78, 5) is 0. The van der Waals surface area contributed by atoms with E-state index in [2.05, 4.69) is 20.8 Å². The third kappa shape index (κ3) is 3.44. The molecule has 0 radical (unpaired) electrons. The second kappa shape index (κ2) is 5.99. The van der Waals surface area contributed by atoms with Crippen LogP contribution in [-0.2, 0) is 4.74 Å². The fraction of sp³-hybridized carbons (Fsp3) is 1.00. The van der Waals surface area contributed by atoms with E-state index in [-0.39, 0.29) is 18.8 Å². The lowest BCUT2D eigenvalue weighted by atomic mass is 9.73. The first kappa shape index (κ1) is 13.9. The second-order valence-corrected chi connectivity index (χ2v) is 5.57. The average Bonchev–Trinajstić information content (AvgIpc) is 2.25. The van der Waals surface area contributed by atoms with Crippen LogP contribution in [0.1, 0.15) is 46.5 Å². The fourth-order valence-electron chi connectivity index (χ4n) is 2.68. The summed E-state index contributed by atoms with van der Waals surface area (Å²) in [5.41, 5.74) is -0.0895. The third-order valence-electron chi connectivity index (χ3n) is 3.82.